The maximum Gasteiger partial charge on any atom is 0.323 e. The Balaban J connectivity index is 1.80. The van der Waals surface area contributed by atoms with Gasteiger partial charge in [0.2, 0.25) is 0 Å². The molecule has 0 atom stereocenters. The number of anilines is 1. The molecule has 0 spiro atoms. The fourth-order valence-corrected chi connectivity index (χ4v) is 5.61. The Morgan fingerprint density at radius 3 is 2.73 bits per heavy atom. The van der Waals surface area contributed by atoms with Crippen LogP contribution in [0.3, 0.4) is 0 Å². The monoisotopic (exact) mass is 460 g/mol. The number of benzene rings is 1. The standard InChI is InChI=1S/C22H24N2O3S3/c1-4-5-10-23-16-8-6-14(2)11-17(16)29-19(23)9-7-15(3)12-18-21(27)24(13-20(25)26)22(28)30-18/h6-9,11-12H,4-5,10,13H2,1-3H3,(H,25,26)/b15-7+,18-12+,19-9-. The van der Waals surface area contributed by atoms with Crippen molar-refractivity contribution in [2.75, 3.05) is 18.0 Å². The Bertz CT molecular complexity index is 982. The normalized spacial score (nSPS) is 19.4. The van der Waals surface area contributed by atoms with E-state index >= 15 is 0 Å². The summed E-state index contributed by atoms with van der Waals surface area (Å²) in [6, 6.07) is 6.53. The van der Waals surface area contributed by atoms with Gasteiger partial charge in [-0.15, -0.1) is 0 Å². The fourth-order valence-electron chi connectivity index (χ4n) is 3.11. The zero-order valence-corrected chi connectivity index (χ0v) is 19.6. The van der Waals surface area contributed by atoms with Crippen LogP contribution >= 0.6 is 35.7 Å². The van der Waals surface area contributed by atoms with Crippen LogP contribution in [0.5, 0.6) is 0 Å². The molecule has 2 aliphatic heterocycles. The van der Waals surface area contributed by atoms with Crippen LogP contribution in [0.4, 0.5) is 5.69 Å². The molecule has 5 nitrogen and oxygen atoms in total. The maximum atomic E-state index is 12.4. The third kappa shape index (κ3) is 5.17. The zero-order chi connectivity index (χ0) is 21.8. The Morgan fingerprint density at radius 2 is 2.03 bits per heavy atom. The number of allylic oxidation sites excluding steroid dienone is 4. The molecule has 1 fully saturated rings. The van der Waals surface area contributed by atoms with Gasteiger partial charge < -0.3 is 10.0 Å². The van der Waals surface area contributed by atoms with Gasteiger partial charge in [0.1, 0.15) is 10.9 Å². The molecule has 8 heteroatoms. The van der Waals surface area contributed by atoms with Crippen LogP contribution in [0.1, 0.15) is 32.3 Å². The van der Waals surface area contributed by atoms with E-state index in [-0.39, 0.29) is 10.2 Å². The molecule has 30 heavy (non-hydrogen) atoms. The van der Waals surface area contributed by atoms with Crippen LogP contribution in [0.25, 0.3) is 0 Å². The lowest BCUT2D eigenvalue weighted by Gasteiger charge is -2.20. The highest BCUT2D eigenvalue weighted by Crippen LogP contribution is 2.46. The molecular formula is C22H24N2O3S3. The largest absolute Gasteiger partial charge is 0.480 e. The smallest absolute Gasteiger partial charge is 0.323 e. The van der Waals surface area contributed by atoms with Crippen LogP contribution in [0.2, 0.25) is 0 Å². The SMILES string of the molecule is CCCCN1/C(=C/C=C(C)/C=C2/SC(=S)N(CC(=O)O)C2=O)Sc2cc(C)ccc21. The minimum absolute atomic E-state index is 0.280. The van der Waals surface area contributed by atoms with E-state index in [1.54, 1.807) is 17.8 Å². The summed E-state index contributed by atoms with van der Waals surface area (Å²) >= 11 is 8.05. The predicted molar refractivity (Wildman–Crippen MR) is 129 cm³/mol. The molecule has 1 aromatic carbocycles. The number of carboxylic acids is 1. The fraction of sp³-hybridized carbons (Fsp3) is 0.318. The number of aliphatic carboxylic acids is 1. The van der Waals surface area contributed by atoms with Crippen molar-refractivity contribution in [1.29, 1.82) is 0 Å². The van der Waals surface area contributed by atoms with Crippen molar-refractivity contribution in [3.63, 3.8) is 0 Å². The lowest BCUT2D eigenvalue weighted by molar-refractivity contribution is -0.140. The third-order valence-corrected chi connectivity index (χ3v) is 7.13. The number of thioether (sulfide) groups is 2. The molecule has 158 valence electrons. The molecule has 1 aromatic rings. The average Bonchev–Trinajstić information content (AvgIpc) is 3.15. The number of carbonyl (C=O) groups excluding carboxylic acids is 1. The highest BCUT2D eigenvalue weighted by molar-refractivity contribution is 8.26. The first kappa shape index (κ1) is 22.7. The molecule has 0 unspecified atom stereocenters. The first-order chi connectivity index (χ1) is 14.3. The summed E-state index contributed by atoms with van der Waals surface area (Å²) in [6.07, 6.45) is 8.08. The number of amides is 1. The second-order valence-electron chi connectivity index (χ2n) is 7.16. The van der Waals surface area contributed by atoms with Gasteiger partial charge in [0.05, 0.1) is 15.6 Å². The van der Waals surface area contributed by atoms with Crippen molar-refractivity contribution >= 4 is 57.6 Å². The Kier molecular flexibility index (Phi) is 7.44. The van der Waals surface area contributed by atoms with Gasteiger partial charge in [-0.1, -0.05) is 61.2 Å². The van der Waals surface area contributed by atoms with Crippen LogP contribution in [-0.4, -0.2) is 39.3 Å². The number of carbonyl (C=O) groups is 2. The third-order valence-electron chi connectivity index (χ3n) is 4.64. The number of unbranched alkanes of at least 4 members (excludes halogenated alkanes) is 1. The Morgan fingerprint density at radius 1 is 1.27 bits per heavy atom. The lowest BCUT2D eigenvalue weighted by Crippen LogP contribution is -2.33. The molecule has 1 saturated heterocycles. The number of hydrogen-bond donors (Lipinski definition) is 1. The summed E-state index contributed by atoms with van der Waals surface area (Å²) in [5, 5.41) is 10.1. The average molecular weight is 461 g/mol. The number of rotatable bonds is 7. The van der Waals surface area contributed by atoms with Gasteiger partial charge in [-0.25, -0.2) is 0 Å². The molecule has 0 radical (unpaired) electrons. The van der Waals surface area contributed by atoms with Gasteiger partial charge >= 0.3 is 5.97 Å². The van der Waals surface area contributed by atoms with Crippen LogP contribution in [0, 0.1) is 6.92 Å². The topological polar surface area (TPSA) is 60.9 Å². The van der Waals surface area contributed by atoms with E-state index < -0.39 is 12.5 Å². The second kappa shape index (κ2) is 9.85. The number of aryl methyl sites for hydroxylation is 1. The molecular weight excluding hydrogens is 436 g/mol. The van der Waals surface area contributed by atoms with Gasteiger partial charge in [0.15, 0.2) is 0 Å². The number of thiocarbonyl (C=S) groups is 1. The number of hydrogen-bond acceptors (Lipinski definition) is 6. The first-order valence-electron chi connectivity index (χ1n) is 9.72. The van der Waals surface area contributed by atoms with E-state index in [2.05, 4.69) is 43.0 Å². The number of carboxylic acid groups (broad SMARTS) is 1. The summed E-state index contributed by atoms with van der Waals surface area (Å²) in [7, 11) is 0. The maximum absolute atomic E-state index is 12.4. The molecule has 1 amide bonds. The molecule has 1 N–H and O–H groups in total. The molecule has 3 rings (SSSR count). The minimum Gasteiger partial charge on any atom is -0.480 e. The van der Waals surface area contributed by atoms with E-state index in [1.165, 1.54) is 16.1 Å². The predicted octanol–water partition coefficient (Wildman–Crippen LogP) is 5.32. The van der Waals surface area contributed by atoms with Gasteiger partial charge in [-0.3, -0.25) is 14.5 Å². The van der Waals surface area contributed by atoms with Crippen LogP contribution in [-0.2, 0) is 9.59 Å². The van der Waals surface area contributed by atoms with E-state index in [4.69, 9.17) is 17.3 Å². The van der Waals surface area contributed by atoms with Crippen molar-refractivity contribution < 1.29 is 14.7 Å². The molecule has 0 aromatic heterocycles. The van der Waals surface area contributed by atoms with Gasteiger partial charge in [-0.05, 0) is 55.7 Å². The molecule has 0 bridgehead atoms. The van der Waals surface area contributed by atoms with Crippen molar-refractivity contribution in [3.05, 3.63) is 57.5 Å². The van der Waals surface area contributed by atoms with Crippen molar-refractivity contribution in [3.8, 4) is 0 Å². The van der Waals surface area contributed by atoms with E-state index in [1.807, 2.05) is 13.0 Å². The van der Waals surface area contributed by atoms with Gasteiger partial charge in [0.25, 0.3) is 5.91 Å². The van der Waals surface area contributed by atoms with Gasteiger partial charge in [0, 0.05) is 11.4 Å². The molecule has 0 saturated carbocycles. The van der Waals surface area contributed by atoms with Crippen molar-refractivity contribution in [2.45, 2.75) is 38.5 Å². The Hall–Kier alpha value is -2.03. The quantitative estimate of drug-likeness (QED) is 0.436. The summed E-state index contributed by atoms with van der Waals surface area (Å²) in [4.78, 5) is 28.6. The summed E-state index contributed by atoms with van der Waals surface area (Å²) in [5.74, 6) is -1.43. The molecule has 0 aliphatic carbocycles. The summed E-state index contributed by atoms with van der Waals surface area (Å²) in [5.41, 5.74) is 3.39. The van der Waals surface area contributed by atoms with Crippen LogP contribution in [0.15, 0.2) is 56.8 Å². The second-order valence-corrected chi connectivity index (χ2v) is 9.89. The van der Waals surface area contributed by atoms with E-state index in [0.717, 1.165) is 46.7 Å². The summed E-state index contributed by atoms with van der Waals surface area (Å²) in [6.45, 7) is 6.77. The first-order valence-corrected chi connectivity index (χ1v) is 11.8. The highest BCUT2D eigenvalue weighted by atomic mass is 32.2. The lowest BCUT2D eigenvalue weighted by atomic mass is 10.2. The Labute approximate surface area is 190 Å². The highest BCUT2D eigenvalue weighted by Gasteiger charge is 2.33. The molecule has 2 aliphatic rings. The zero-order valence-electron chi connectivity index (χ0n) is 17.2. The minimum atomic E-state index is -1.08. The van der Waals surface area contributed by atoms with E-state index in [0.29, 0.717) is 4.91 Å². The number of nitrogens with zero attached hydrogens (tertiary/aromatic N) is 2. The van der Waals surface area contributed by atoms with Crippen LogP contribution < -0.4 is 4.90 Å². The molecule has 2 heterocycles. The van der Waals surface area contributed by atoms with Crippen molar-refractivity contribution in [1.82, 2.24) is 4.90 Å². The van der Waals surface area contributed by atoms with E-state index in [9.17, 15) is 9.59 Å². The van der Waals surface area contributed by atoms with Crippen molar-refractivity contribution in [2.24, 2.45) is 0 Å². The van der Waals surface area contributed by atoms with Gasteiger partial charge in [-0.2, -0.15) is 0 Å². The summed E-state index contributed by atoms with van der Waals surface area (Å²) < 4.78 is 0.280. The number of fused-ring (bicyclic) bond motifs is 1.